The lowest BCUT2D eigenvalue weighted by Crippen LogP contribution is -2.45. The minimum Gasteiger partial charge on any atom is -0.497 e. The fourth-order valence-electron chi connectivity index (χ4n) is 4.32. The molecular formula is C21H26N4O3. The molecule has 0 atom stereocenters. The molecule has 7 nitrogen and oxygen atoms in total. The molecule has 2 amide bonds. The number of amides is 2. The van der Waals surface area contributed by atoms with Gasteiger partial charge in [-0.3, -0.25) is 9.59 Å². The van der Waals surface area contributed by atoms with Gasteiger partial charge in [-0.05, 0) is 30.5 Å². The van der Waals surface area contributed by atoms with E-state index in [0.29, 0.717) is 32.6 Å². The maximum atomic E-state index is 12.6. The van der Waals surface area contributed by atoms with Gasteiger partial charge in [0, 0.05) is 50.4 Å². The Morgan fingerprint density at radius 3 is 2.82 bits per heavy atom. The Labute approximate surface area is 164 Å². The van der Waals surface area contributed by atoms with Crippen molar-refractivity contribution in [3.8, 4) is 5.75 Å². The van der Waals surface area contributed by atoms with Crippen molar-refractivity contribution < 1.29 is 14.3 Å². The van der Waals surface area contributed by atoms with E-state index in [1.165, 1.54) is 0 Å². The number of rotatable bonds is 5. The molecule has 2 saturated heterocycles. The van der Waals surface area contributed by atoms with Gasteiger partial charge in [-0.15, -0.1) is 0 Å². The Balaban J connectivity index is 1.34. The van der Waals surface area contributed by atoms with Gasteiger partial charge >= 0.3 is 0 Å². The van der Waals surface area contributed by atoms with E-state index in [1.807, 2.05) is 34.1 Å². The van der Waals surface area contributed by atoms with Crippen molar-refractivity contribution in [2.24, 2.45) is 5.41 Å². The number of imidazole rings is 1. The van der Waals surface area contributed by atoms with E-state index in [-0.39, 0.29) is 17.2 Å². The minimum atomic E-state index is 0.00172. The van der Waals surface area contributed by atoms with Gasteiger partial charge in [0.1, 0.15) is 12.3 Å². The third kappa shape index (κ3) is 3.88. The van der Waals surface area contributed by atoms with E-state index in [0.717, 1.165) is 30.7 Å². The molecule has 0 aliphatic carbocycles. The maximum absolute atomic E-state index is 12.6. The minimum absolute atomic E-state index is 0.00172. The number of likely N-dealkylation sites (tertiary alicyclic amines) is 2. The van der Waals surface area contributed by atoms with Gasteiger partial charge in [0.15, 0.2) is 0 Å². The first-order valence-corrected chi connectivity index (χ1v) is 9.71. The quantitative estimate of drug-likeness (QED) is 0.793. The summed E-state index contributed by atoms with van der Waals surface area (Å²) in [6.45, 7) is 3.14. The summed E-state index contributed by atoms with van der Waals surface area (Å²) in [5.41, 5.74) is 1.08. The molecule has 28 heavy (non-hydrogen) atoms. The molecule has 0 N–H and O–H groups in total. The lowest BCUT2D eigenvalue weighted by molar-refractivity contribution is -0.134. The predicted octanol–water partition coefficient (Wildman–Crippen LogP) is 1.93. The highest BCUT2D eigenvalue weighted by Crippen LogP contribution is 2.41. The summed E-state index contributed by atoms with van der Waals surface area (Å²) in [6.07, 6.45) is 7.48. The van der Waals surface area contributed by atoms with Crippen LogP contribution in [0.4, 0.5) is 0 Å². The smallest absolute Gasteiger partial charge is 0.242 e. The molecule has 0 bridgehead atoms. The molecule has 7 heteroatoms. The second-order valence-electron chi connectivity index (χ2n) is 7.89. The van der Waals surface area contributed by atoms with E-state index in [1.54, 1.807) is 30.4 Å². The SMILES string of the molecule is COc1cccc(CN2CC3(CCN(C(=O)Cn4ccnc4)CC3)CC2=O)c1. The molecule has 0 saturated carbocycles. The molecule has 2 aliphatic rings. The zero-order chi connectivity index (χ0) is 19.6. The topological polar surface area (TPSA) is 67.7 Å². The number of hydrogen-bond donors (Lipinski definition) is 0. The third-order valence-electron chi connectivity index (χ3n) is 5.97. The summed E-state index contributed by atoms with van der Waals surface area (Å²) < 4.78 is 7.07. The molecule has 2 aliphatic heterocycles. The van der Waals surface area contributed by atoms with Crippen LogP contribution in [0.3, 0.4) is 0 Å². The number of methoxy groups -OCH3 is 1. The molecule has 0 unspecified atom stereocenters. The van der Waals surface area contributed by atoms with Gasteiger partial charge in [-0.25, -0.2) is 4.98 Å². The van der Waals surface area contributed by atoms with Gasteiger partial charge in [0.2, 0.25) is 11.8 Å². The largest absolute Gasteiger partial charge is 0.497 e. The number of carbonyl (C=O) groups excluding carboxylic acids is 2. The van der Waals surface area contributed by atoms with Gasteiger partial charge < -0.3 is 19.1 Å². The molecule has 3 heterocycles. The zero-order valence-electron chi connectivity index (χ0n) is 16.2. The first-order valence-electron chi connectivity index (χ1n) is 9.71. The van der Waals surface area contributed by atoms with E-state index < -0.39 is 0 Å². The third-order valence-corrected chi connectivity index (χ3v) is 5.97. The van der Waals surface area contributed by atoms with Crippen LogP contribution in [-0.2, 0) is 22.7 Å². The van der Waals surface area contributed by atoms with Crippen LogP contribution in [0, 0.1) is 5.41 Å². The monoisotopic (exact) mass is 382 g/mol. The molecule has 1 spiro atoms. The van der Waals surface area contributed by atoms with Crippen molar-refractivity contribution in [1.82, 2.24) is 19.4 Å². The number of nitrogens with zero attached hydrogens (tertiary/aromatic N) is 4. The fraction of sp³-hybridized carbons (Fsp3) is 0.476. The van der Waals surface area contributed by atoms with Gasteiger partial charge in [0.05, 0.1) is 13.4 Å². The Hall–Kier alpha value is -2.83. The van der Waals surface area contributed by atoms with Crippen LogP contribution in [0.5, 0.6) is 5.75 Å². The van der Waals surface area contributed by atoms with Crippen molar-refractivity contribution >= 4 is 11.8 Å². The van der Waals surface area contributed by atoms with Gasteiger partial charge in [0.25, 0.3) is 0 Å². The number of hydrogen-bond acceptors (Lipinski definition) is 4. The molecule has 2 fully saturated rings. The van der Waals surface area contributed by atoms with Gasteiger partial charge in [-0.1, -0.05) is 12.1 Å². The number of carbonyl (C=O) groups is 2. The number of piperidine rings is 1. The van der Waals surface area contributed by atoms with Crippen LogP contribution in [0.25, 0.3) is 0 Å². The standard InChI is InChI=1S/C21H26N4O3/c1-28-18-4-2-3-17(11-18)13-25-15-21(12-19(25)26)5-8-24(9-6-21)20(27)14-23-10-7-22-16-23/h2-4,7,10-11,16H,5-6,8-9,12-15H2,1H3. The summed E-state index contributed by atoms with van der Waals surface area (Å²) in [6, 6.07) is 7.87. The van der Waals surface area contributed by atoms with Crippen LogP contribution in [0.1, 0.15) is 24.8 Å². The average molecular weight is 382 g/mol. The second-order valence-corrected chi connectivity index (χ2v) is 7.89. The summed E-state index contributed by atoms with van der Waals surface area (Å²) >= 11 is 0. The first-order chi connectivity index (χ1) is 13.6. The summed E-state index contributed by atoms with van der Waals surface area (Å²) in [5.74, 6) is 1.13. The maximum Gasteiger partial charge on any atom is 0.242 e. The Bertz CT molecular complexity index is 841. The molecule has 4 rings (SSSR count). The molecule has 1 aromatic heterocycles. The lowest BCUT2D eigenvalue weighted by Gasteiger charge is -2.38. The summed E-state index contributed by atoms with van der Waals surface area (Å²) in [7, 11) is 1.65. The second kappa shape index (κ2) is 7.66. The van der Waals surface area contributed by atoms with Crippen LogP contribution in [0.15, 0.2) is 43.0 Å². The van der Waals surface area contributed by atoms with E-state index in [2.05, 4.69) is 4.98 Å². The Kier molecular flexibility index (Phi) is 5.07. The van der Waals surface area contributed by atoms with Crippen LogP contribution < -0.4 is 4.74 Å². The van der Waals surface area contributed by atoms with Crippen LogP contribution >= 0.6 is 0 Å². The Morgan fingerprint density at radius 2 is 2.11 bits per heavy atom. The molecule has 2 aromatic rings. The highest BCUT2D eigenvalue weighted by atomic mass is 16.5. The summed E-state index contributed by atoms with van der Waals surface area (Å²) in [4.78, 5) is 33.0. The van der Waals surface area contributed by atoms with E-state index >= 15 is 0 Å². The van der Waals surface area contributed by atoms with Crippen molar-refractivity contribution in [3.05, 3.63) is 48.5 Å². The number of aromatic nitrogens is 2. The highest BCUT2D eigenvalue weighted by Gasteiger charge is 2.45. The average Bonchev–Trinajstić information content (AvgIpc) is 3.31. The molecule has 148 valence electrons. The fourth-order valence-corrected chi connectivity index (χ4v) is 4.32. The van der Waals surface area contributed by atoms with Crippen molar-refractivity contribution in [2.45, 2.75) is 32.4 Å². The predicted molar refractivity (Wildman–Crippen MR) is 104 cm³/mol. The number of benzene rings is 1. The van der Waals surface area contributed by atoms with E-state index in [4.69, 9.17) is 4.74 Å². The number of ether oxygens (including phenoxy) is 1. The van der Waals surface area contributed by atoms with Gasteiger partial charge in [-0.2, -0.15) is 0 Å². The highest BCUT2D eigenvalue weighted by molar-refractivity contribution is 5.80. The zero-order valence-corrected chi connectivity index (χ0v) is 16.2. The Morgan fingerprint density at radius 1 is 1.29 bits per heavy atom. The molecule has 1 aromatic carbocycles. The lowest BCUT2D eigenvalue weighted by atomic mass is 9.77. The molecular weight excluding hydrogens is 356 g/mol. The normalized spacial score (nSPS) is 18.7. The van der Waals surface area contributed by atoms with E-state index in [9.17, 15) is 9.59 Å². The summed E-state index contributed by atoms with van der Waals surface area (Å²) in [5, 5.41) is 0. The molecule has 0 radical (unpaired) electrons. The van der Waals surface area contributed by atoms with Crippen LogP contribution in [0.2, 0.25) is 0 Å². The van der Waals surface area contributed by atoms with Crippen molar-refractivity contribution in [2.75, 3.05) is 26.7 Å². The first kappa shape index (κ1) is 18.5. The van der Waals surface area contributed by atoms with Crippen molar-refractivity contribution in [1.29, 1.82) is 0 Å². The van der Waals surface area contributed by atoms with Crippen LogP contribution in [-0.4, -0.2) is 57.9 Å². The van der Waals surface area contributed by atoms with Crippen molar-refractivity contribution in [3.63, 3.8) is 0 Å².